The number of aliphatic carboxylic acids is 1. The average Bonchev–Trinajstić information content (AvgIpc) is 2.04. The van der Waals surface area contributed by atoms with Crippen LogP contribution < -0.4 is 5.73 Å². The highest BCUT2D eigenvalue weighted by atomic mass is 35.5. The van der Waals surface area contributed by atoms with Gasteiger partial charge in [0, 0.05) is 0 Å². The summed E-state index contributed by atoms with van der Waals surface area (Å²) < 4.78 is 0. The first-order valence-corrected chi connectivity index (χ1v) is 4.70. The van der Waals surface area contributed by atoms with E-state index in [2.05, 4.69) is 0 Å². The molecule has 0 spiro atoms. The van der Waals surface area contributed by atoms with Crippen molar-refractivity contribution in [2.75, 3.05) is 6.54 Å². The molecule has 4 N–H and O–H groups in total. The first-order valence-electron chi connectivity index (χ1n) is 4.70. The first-order chi connectivity index (χ1) is 6.06. The van der Waals surface area contributed by atoms with Crippen LogP contribution in [0.5, 0.6) is 0 Å². The topological polar surface area (TPSA) is 83.5 Å². The number of halogens is 1. The van der Waals surface area contributed by atoms with Crippen LogP contribution in [0.25, 0.3) is 0 Å². The van der Waals surface area contributed by atoms with Gasteiger partial charge in [0.25, 0.3) is 0 Å². The molecule has 0 radical (unpaired) electrons. The Labute approximate surface area is 89.9 Å². The molecular weight excluding hydrogens is 206 g/mol. The zero-order valence-corrected chi connectivity index (χ0v) is 8.92. The minimum Gasteiger partial charge on any atom is -0.481 e. The van der Waals surface area contributed by atoms with Crippen LogP contribution in [-0.2, 0) is 4.79 Å². The number of hydrogen-bond donors (Lipinski definition) is 3. The monoisotopic (exact) mass is 223 g/mol. The van der Waals surface area contributed by atoms with Gasteiger partial charge in [0.1, 0.15) is 0 Å². The van der Waals surface area contributed by atoms with Crippen LogP contribution in [0.15, 0.2) is 0 Å². The molecule has 0 heterocycles. The fourth-order valence-corrected chi connectivity index (χ4v) is 1.91. The molecule has 0 amide bonds. The van der Waals surface area contributed by atoms with Gasteiger partial charge in [-0.15, -0.1) is 12.4 Å². The van der Waals surface area contributed by atoms with Crippen molar-refractivity contribution in [3.8, 4) is 0 Å². The van der Waals surface area contributed by atoms with Crippen LogP contribution >= 0.6 is 12.4 Å². The van der Waals surface area contributed by atoms with E-state index in [4.69, 9.17) is 10.8 Å². The molecule has 0 aromatic carbocycles. The molecule has 0 saturated heterocycles. The van der Waals surface area contributed by atoms with E-state index >= 15 is 0 Å². The van der Waals surface area contributed by atoms with Crippen molar-refractivity contribution in [2.45, 2.75) is 37.7 Å². The normalized spacial score (nSPS) is 32.0. The lowest BCUT2D eigenvalue weighted by atomic mass is 9.77. The van der Waals surface area contributed by atoms with Crippen molar-refractivity contribution < 1.29 is 15.0 Å². The van der Waals surface area contributed by atoms with E-state index in [1.54, 1.807) is 0 Å². The van der Waals surface area contributed by atoms with Gasteiger partial charge < -0.3 is 15.9 Å². The second kappa shape index (κ2) is 5.53. The molecule has 1 fully saturated rings. The third-order valence-corrected chi connectivity index (χ3v) is 2.85. The van der Waals surface area contributed by atoms with Gasteiger partial charge in [-0.25, -0.2) is 0 Å². The van der Waals surface area contributed by atoms with Crippen molar-refractivity contribution in [3.05, 3.63) is 0 Å². The summed E-state index contributed by atoms with van der Waals surface area (Å²) >= 11 is 0. The Morgan fingerprint density at radius 2 is 1.93 bits per heavy atom. The van der Waals surface area contributed by atoms with Crippen LogP contribution in [0.3, 0.4) is 0 Å². The van der Waals surface area contributed by atoms with E-state index < -0.39 is 11.6 Å². The number of hydrogen-bond acceptors (Lipinski definition) is 3. The summed E-state index contributed by atoms with van der Waals surface area (Å²) in [5.74, 6) is -0.456. The predicted molar refractivity (Wildman–Crippen MR) is 55.5 cm³/mol. The molecule has 4 nitrogen and oxygen atoms in total. The summed E-state index contributed by atoms with van der Waals surface area (Å²) in [6, 6.07) is 0. The van der Waals surface area contributed by atoms with E-state index in [1.165, 1.54) is 0 Å². The summed E-state index contributed by atoms with van der Waals surface area (Å²) in [6.45, 7) is 0.642. The molecule has 0 atom stereocenters. The SMILES string of the molecule is Cl.NCC1CCC(O)(CC(=O)O)CC1. The highest BCUT2D eigenvalue weighted by molar-refractivity contribution is 5.85. The lowest BCUT2D eigenvalue weighted by Gasteiger charge is -2.34. The van der Waals surface area contributed by atoms with Gasteiger partial charge in [0.15, 0.2) is 0 Å². The van der Waals surface area contributed by atoms with Crippen molar-refractivity contribution in [1.29, 1.82) is 0 Å². The molecular formula is C9H18ClNO3. The van der Waals surface area contributed by atoms with E-state index in [9.17, 15) is 9.90 Å². The average molecular weight is 224 g/mol. The van der Waals surface area contributed by atoms with E-state index in [1.807, 2.05) is 0 Å². The Morgan fingerprint density at radius 1 is 1.43 bits per heavy atom. The predicted octanol–water partition coefficient (Wildman–Crippen LogP) is 0.763. The molecule has 84 valence electrons. The molecule has 14 heavy (non-hydrogen) atoms. The van der Waals surface area contributed by atoms with Crippen LogP contribution in [0, 0.1) is 5.92 Å². The molecule has 0 aliphatic heterocycles. The number of carboxylic acid groups (broad SMARTS) is 1. The lowest BCUT2D eigenvalue weighted by molar-refractivity contribution is -0.144. The van der Waals surface area contributed by atoms with Gasteiger partial charge >= 0.3 is 5.97 Å². The largest absolute Gasteiger partial charge is 0.481 e. The van der Waals surface area contributed by atoms with Crippen LogP contribution in [0.1, 0.15) is 32.1 Å². The van der Waals surface area contributed by atoms with Crippen molar-refractivity contribution in [2.24, 2.45) is 11.7 Å². The van der Waals surface area contributed by atoms with E-state index in [-0.39, 0.29) is 18.8 Å². The molecule has 0 aromatic rings. The third kappa shape index (κ3) is 3.82. The molecule has 0 unspecified atom stereocenters. The van der Waals surface area contributed by atoms with Crippen molar-refractivity contribution in [1.82, 2.24) is 0 Å². The number of carboxylic acids is 1. The standard InChI is InChI=1S/C9H17NO3.ClH/c10-6-7-1-3-9(13,4-2-7)5-8(11)12;/h7,13H,1-6,10H2,(H,11,12);1H. The van der Waals surface area contributed by atoms with Crippen molar-refractivity contribution >= 4 is 18.4 Å². The summed E-state index contributed by atoms with van der Waals surface area (Å²) in [7, 11) is 0. The third-order valence-electron chi connectivity index (χ3n) is 2.85. The lowest BCUT2D eigenvalue weighted by Crippen LogP contribution is -2.37. The molecule has 1 saturated carbocycles. The van der Waals surface area contributed by atoms with Crippen molar-refractivity contribution in [3.63, 3.8) is 0 Å². The first kappa shape index (κ1) is 13.7. The highest BCUT2D eigenvalue weighted by Gasteiger charge is 2.34. The minimum atomic E-state index is -0.975. The number of nitrogens with two attached hydrogens (primary N) is 1. The Balaban J connectivity index is 0.00000169. The highest BCUT2D eigenvalue weighted by Crippen LogP contribution is 2.33. The summed E-state index contributed by atoms with van der Waals surface area (Å²) in [6.07, 6.45) is 2.70. The second-order valence-electron chi connectivity index (χ2n) is 3.97. The van der Waals surface area contributed by atoms with Gasteiger partial charge in [0.2, 0.25) is 0 Å². The van der Waals surface area contributed by atoms with Gasteiger partial charge in [0.05, 0.1) is 12.0 Å². The number of aliphatic hydroxyl groups is 1. The molecule has 5 heteroatoms. The fraction of sp³-hybridized carbons (Fsp3) is 0.889. The summed E-state index contributed by atoms with van der Waals surface area (Å²) in [5.41, 5.74) is 4.52. The van der Waals surface area contributed by atoms with Gasteiger partial charge in [-0.3, -0.25) is 4.79 Å². The smallest absolute Gasteiger partial charge is 0.306 e. The quantitative estimate of drug-likeness (QED) is 0.660. The summed E-state index contributed by atoms with van der Waals surface area (Å²) in [4.78, 5) is 10.4. The fourth-order valence-electron chi connectivity index (χ4n) is 1.91. The Kier molecular flexibility index (Phi) is 5.41. The van der Waals surface area contributed by atoms with Gasteiger partial charge in [-0.2, -0.15) is 0 Å². The van der Waals surface area contributed by atoms with Crippen LogP contribution in [0.4, 0.5) is 0 Å². The number of rotatable bonds is 3. The van der Waals surface area contributed by atoms with Crippen LogP contribution in [-0.4, -0.2) is 28.3 Å². The second-order valence-corrected chi connectivity index (χ2v) is 3.97. The zero-order valence-electron chi connectivity index (χ0n) is 8.11. The molecule has 0 aromatic heterocycles. The zero-order chi connectivity index (χ0) is 9.90. The van der Waals surface area contributed by atoms with Gasteiger partial charge in [-0.1, -0.05) is 0 Å². The maximum Gasteiger partial charge on any atom is 0.306 e. The maximum absolute atomic E-state index is 10.4. The van der Waals surface area contributed by atoms with E-state index in [0.29, 0.717) is 25.3 Å². The Morgan fingerprint density at radius 3 is 2.29 bits per heavy atom. The number of carbonyl (C=O) groups is 1. The molecule has 0 bridgehead atoms. The van der Waals surface area contributed by atoms with Gasteiger partial charge in [-0.05, 0) is 38.1 Å². The Hall–Kier alpha value is -0.320. The minimum absolute atomic E-state index is 0. The summed E-state index contributed by atoms with van der Waals surface area (Å²) in [5, 5.41) is 18.4. The van der Waals surface area contributed by atoms with Crippen LogP contribution in [0.2, 0.25) is 0 Å². The van der Waals surface area contributed by atoms with E-state index in [0.717, 1.165) is 12.8 Å². The molecule has 1 rings (SSSR count). The molecule has 1 aliphatic carbocycles. The molecule has 1 aliphatic rings. The maximum atomic E-state index is 10.4. The Bertz CT molecular complexity index is 190.